The number of carboxylic acids is 1. The molecule has 0 saturated carbocycles. The zero-order valence-electron chi connectivity index (χ0n) is 12.2. The van der Waals surface area contributed by atoms with Gasteiger partial charge in [0.1, 0.15) is 5.75 Å². The predicted molar refractivity (Wildman–Crippen MR) is 79.9 cm³/mol. The van der Waals surface area contributed by atoms with Crippen molar-refractivity contribution in [2.75, 3.05) is 28.2 Å². The summed E-state index contributed by atoms with van der Waals surface area (Å²) in [6, 6.07) is 6.27. The maximum Gasteiger partial charge on any atom is 0.328 e. The highest BCUT2D eigenvalue weighted by Crippen LogP contribution is 2.10. The second-order valence-corrected chi connectivity index (χ2v) is 4.38. The van der Waals surface area contributed by atoms with Gasteiger partial charge in [-0.3, -0.25) is 5.41 Å². The number of rotatable bonds is 2. The number of hydrogen-bond donors (Lipinski definition) is 3. The molecule has 110 valence electrons. The molecule has 0 bridgehead atoms. The van der Waals surface area contributed by atoms with Gasteiger partial charge >= 0.3 is 5.97 Å². The zero-order valence-corrected chi connectivity index (χ0v) is 12.2. The van der Waals surface area contributed by atoms with E-state index in [0.29, 0.717) is 5.96 Å². The topological polar surface area (TPSA) is 87.9 Å². The van der Waals surface area contributed by atoms with Crippen molar-refractivity contribution in [3.05, 3.63) is 35.9 Å². The van der Waals surface area contributed by atoms with Crippen molar-refractivity contribution in [1.82, 2.24) is 9.80 Å². The summed E-state index contributed by atoms with van der Waals surface area (Å²) in [5, 5.41) is 24.4. The highest BCUT2D eigenvalue weighted by Gasteiger charge is 1.97. The molecule has 3 N–H and O–H groups in total. The number of phenolic OH excluding ortho intramolecular Hbond substituents is 1. The Morgan fingerprint density at radius 3 is 1.85 bits per heavy atom. The number of aliphatic carboxylic acids is 1. The smallest absolute Gasteiger partial charge is 0.328 e. The maximum atomic E-state index is 10.1. The van der Waals surface area contributed by atoms with Gasteiger partial charge in [0.2, 0.25) is 0 Å². The van der Waals surface area contributed by atoms with Crippen molar-refractivity contribution in [2.24, 2.45) is 0 Å². The fourth-order valence-corrected chi connectivity index (χ4v) is 1.15. The number of phenols is 1. The highest BCUT2D eigenvalue weighted by molar-refractivity contribution is 5.85. The number of aromatic hydroxyl groups is 1. The van der Waals surface area contributed by atoms with E-state index in [1.165, 1.54) is 18.2 Å². The summed E-state index contributed by atoms with van der Waals surface area (Å²) in [5.74, 6) is -0.296. The largest absolute Gasteiger partial charge is 0.508 e. The van der Waals surface area contributed by atoms with Gasteiger partial charge in [-0.05, 0) is 23.8 Å². The van der Waals surface area contributed by atoms with Crippen LogP contribution >= 0.6 is 0 Å². The molecule has 6 heteroatoms. The Hall–Kier alpha value is -2.50. The summed E-state index contributed by atoms with van der Waals surface area (Å²) < 4.78 is 0. The van der Waals surface area contributed by atoms with E-state index in [2.05, 4.69) is 0 Å². The van der Waals surface area contributed by atoms with Gasteiger partial charge in [-0.2, -0.15) is 0 Å². The summed E-state index contributed by atoms with van der Waals surface area (Å²) in [7, 11) is 7.40. The normalized spacial score (nSPS) is 9.60. The van der Waals surface area contributed by atoms with Gasteiger partial charge in [0.15, 0.2) is 5.96 Å². The van der Waals surface area contributed by atoms with Crippen LogP contribution in [-0.2, 0) is 4.79 Å². The van der Waals surface area contributed by atoms with Gasteiger partial charge in [0.25, 0.3) is 0 Å². The summed E-state index contributed by atoms with van der Waals surface area (Å²) in [4.78, 5) is 13.6. The van der Waals surface area contributed by atoms with Crippen molar-refractivity contribution in [1.29, 1.82) is 5.41 Å². The first-order valence-corrected chi connectivity index (χ1v) is 5.87. The van der Waals surface area contributed by atoms with E-state index >= 15 is 0 Å². The third-order valence-electron chi connectivity index (χ3n) is 2.16. The lowest BCUT2D eigenvalue weighted by atomic mass is 10.2. The average Bonchev–Trinajstić information content (AvgIpc) is 2.37. The number of carbonyl (C=O) groups is 1. The Morgan fingerprint density at radius 1 is 1.10 bits per heavy atom. The summed E-state index contributed by atoms with van der Waals surface area (Å²) in [6.45, 7) is 0. The standard InChI is InChI=1S/C9H8O3.C5H13N3/c10-8-4-1-7(2-5-8)3-6-9(11)12;1-7(2)5(6)8(3)4/h1-6,10H,(H,11,12);6H,1-4H3/b6-3+;. The van der Waals surface area contributed by atoms with Crippen LogP contribution < -0.4 is 0 Å². The number of nitrogens with zero attached hydrogens (tertiary/aromatic N) is 2. The molecule has 1 aromatic carbocycles. The van der Waals surface area contributed by atoms with Crippen LogP contribution in [-0.4, -0.2) is 60.1 Å². The molecular formula is C14H21N3O3. The minimum absolute atomic E-state index is 0.169. The molecule has 0 aromatic heterocycles. The summed E-state index contributed by atoms with van der Waals surface area (Å²) >= 11 is 0. The van der Waals surface area contributed by atoms with Gasteiger partial charge in [0, 0.05) is 34.3 Å². The van der Waals surface area contributed by atoms with Crippen molar-refractivity contribution < 1.29 is 15.0 Å². The number of hydrogen-bond acceptors (Lipinski definition) is 3. The van der Waals surface area contributed by atoms with Gasteiger partial charge in [-0.1, -0.05) is 12.1 Å². The number of benzene rings is 1. The Kier molecular flexibility index (Phi) is 7.50. The molecule has 0 fully saturated rings. The van der Waals surface area contributed by atoms with Crippen LogP contribution in [0.25, 0.3) is 6.08 Å². The molecule has 1 rings (SSSR count). The van der Waals surface area contributed by atoms with Crippen LogP contribution in [0.3, 0.4) is 0 Å². The Labute approximate surface area is 119 Å². The number of nitrogens with one attached hydrogen (secondary N) is 1. The third kappa shape index (κ3) is 7.75. The van der Waals surface area contributed by atoms with Gasteiger partial charge in [0.05, 0.1) is 0 Å². The zero-order chi connectivity index (χ0) is 15.7. The Bertz CT molecular complexity index is 455. The first-order valence-electron chi connectivity index (χ1n) is 5.87. The minimum Gasteiger partial charge on any atom is -0.508 e. The van der Waals surface area contributed by atoms with Crippen LogP contribution in [0.1, 0.15) is 5.56 Å². The fraction of sp³-hybridized carbons (Fsp3) is 0.286. The van der Waals surface area contributed by atoms with Gasteiger partial charge < -0.3 is 20.0 Å². The average molecular weight is 279 g/mol. The van der Waals surface area contributed by atoms with Gasteiger partial charge in [-0.25, -0.2) is 4.79 Å². The SMILES string of the molecule is CN(C)C(=N)N(C)C.O=C(O)/C=C/c1ccc(O)cc1. The molecule has 6 nitrogen and oxygen atoms in total. The first-order chi connectivity index (χ1) is 9.23. The number of guanidine groups is 1. The molecule has 0 atom stereocenters. The molecule has 0 saturated heterocycles. The van der Waals surface area contributed by atoms with Crippen LogP contribution in [0.15, 0.2) is 30.3 Å². The number of carboxylic acid groups (broad SMARTS) is 1. The van der Waals surface area contributed by atoms with Crippen LogP contribution in [0.4, 0.5) is 0 Å². The minimum atomic E-state index is -0.983. The monoisotopic (exact) mass is 279 g/mol. The highest BCUT2D eigenvalue weighted by atomic mass is 16.4. The first kappa shape index (κ1) is 17.5. The molecule has 0 spiro atoms. The van der Waals surface area contributed by atoms with E-state index in [9.17, 15) is 4.79 Å². The maximum absolute atomic E-state index is 10.1. The molecule has 20 heavy (non-hydrogen) atoms. The van der Waals surface area contributed by atoms with Crippen molar-refractivity contribution in [2.45, 2.75) is 0 Å². The Morgan fingerprint density at radius 2 is 1.55 bits per heavy atom. The van der Waals surface area contributed by atoms with Crippen LogP contribution in [0, 0.1) is 5.41 Å². The molecule has 0 aliphatic rings. The lowest BCUT2D eigenvalue weighted by Crippen LogP contribution is -2.34. The molecule has 0 amide bonds. The third-order valence-corrected chi connectivity index (χ3v) is 2.16. The van der Waals surface area contributed by atoms with E-state index in [0.717, 1.165) is 11.6 Å². The summed E-state index contributed by atoms with van der Waals surface area (Å²) in [5.41, 5.74) is 0.746. The van der Waals surface area contributed by atoms with E-state index in [1.54, 1.807) is 21.9 Å². The quantitative estimate of drug-likeness (QED) is 0.434. The molecule has 0 radical (unpaired) electrons. The summed E-state index contributed by atoms with van der Waals surface area (Å²) in [6.07, 6.45) is 2.51. The molecule has 0 unspecified atom stereocenters. The second kappa shape index (κ2) is 8.58. The lowest BCUT2D eigenvalue weighted by molar-refractivity contribution is -0.131. The van der Waals surface area contributed by atoms with E-state index in [4.69, 9.17) is 15.6 Å². The van der Waals surface area contributed by atoms with E-state index in [-0.39, 0.29) is 5.75 Å². The molecular weight excluding hydrogens is 258 g/mol. The van der Waals surface area contributed by atoms with Crippen molar-refractivity contribution in [3.8, 4) is 5.75 Å². The predicted octanol–water partition coefficient (Wildman–Crippen LogP) is 1.53. The van der Waals surface area contributed by atoms with Gasteiger partial charge in [-0.15, -0.1) is 0 Å². The Balaban J connectivity index is 0.000000396. The lowest BCUT2D eigenvalue weighted by Gasteiger charge is -2.19. The van der Waals surface area contributed by atoms with Crippen molar-refractivity contribution in [3.63, 3.8) is 0 Å². The fourth-order valence-electron chi connectivity index (χ4n) is 1.15. The van der Waals surface area contributed by atoms with Crippen molar-refractivity contribution >= 4 is 18.0 Å². The molecule has 0 aliphatic carbocycles. The molecule has 0 heterocycles. The molecule has 1 aromatic rings. The van der Waals surface area contributed by atoms with Crippen LogP contribution in [0.2, 0.25) is 0 Å². The molecule has 0 aliphatic heterocycles. The van der Waals surface area contributed by atoms with E-state index < -0.39 is 5.97 Å². The second-order valence-electron chi connectivity index (χ2n) is 4.38. The van der Waals surface area contributed by atoms with Crippen LogP contribution in [0.5, 0.6) is 5.75 Å². The van der Waals surface area contributed by atoms with E-state index in [1.807, 2.05) is 28.2 Å².